The van der Waals surface area contributed by atoms with Crippen LogP contribution in [0.4, 0.5) is 4.79 Å². The lowest BCUT2D eigenvalue weighted by Gasteiger charge is -2.31. The summed E-state index contributed by atoms with van der Waals surface area (Å²) in [6.07, 6.45) is 2.83. The van der Waals surface area contributed by atoms with Crippen molar-refractivity contribution in [2.45, 2.75) is 243 Å². The molecule has 2 aliphatic heterocycles. The van der Waals surface area contributed by atoms with E-state index >= 15 is 0 Å². The quantitative estimate of drug-likeness (QED) is 0.0889. The topological polar surface area (TPSA) is 140 Å². The fourth-order valence-corrected chi connectivity index (χ4v) is 8.80. The highest BCUT2D eigenvalue weighted by Gasteiger charge is 2.39. The average molecular weight is 1130 g/mol. The molecule has 2 saturated heterocycles. The van der Waals surface area contributed by atoms with Gasteiger partial charge in [-0.25, -0.2) is 4.79 Å². The molecule has 5 aromatic carbocycles. The number of carbonyl (C=O) groups excluding carboxylic acids is 3. The van der Waals surface area contributed by atoms with Crippen LogP contribution in [0.2, 0.25) is 0 Å². The van der Waals surface area contributed by atoms with Crippen molar-refractivity contribution in [2.75, 3.05) is 0 Å². The Bertz CT molecular complexity index is 2380. The summed E-state index contributed by atoms with van der Waals surface area (Å²) in [7, 11) is 0. The third-order valence-corrected chi connectivity index (χ3v) is 12.3. The minimum absolute atomic E-state index is 0.0335. The molecule has 0 spiro atoms. The first kappa shape index (κ1) is 79.7. The normalized spacial score (nSPS) is 15.6. The largest absolute Gasteiger partial charge is 0.444 e. The summed E-state index contributed by atoms with van der Waals surface area (Å²) in [5.41, 5.74) is 5.28. The third-order valence-electron chi connectivity index (χ3n) is 12.3. The molecule has 82 heavy (non-hydrogen) atoms. The van der Waals surface area contributed by atoms with Crippen molar-refractivity contribution in [3.05, 3.63) is 196 Å². The summed E-state index contributed by atoms with van der Waals surface area (Å²) in [4.78, 5) is 45.8. The van der Waals surface area contributed by atoms with Crippen LogP contribution in [0.15, 0.2) is 158 Å². The number of nitrogens with one attached hydrogen (secondary N) is 3. The number of hydrogen-bond donors (Lipinski definition) is 3. The molecule has 4 unspecified atom stereocenters. The molecule has 0 saturated carbocycles. The number of hydrogen-bond acceptors (Lipinski definition) is 6. The minimum atomic E-state index is -0.852. The van der Waals surface area contributed by atoms with Gasteiger partial charge in [-0.05, 0) is 128 Å². The zero-order valence-electron chi connectivity index (χ0n) is 55.7. The van der Waals surface area contributed by atoms with Crippen molar-refractivity contribution in [1.82, 2.24) is 16.0 Å². The molecule has 3 amide bonds. The number of rotatable bonds is 11. The second-order valence-corrected chi connectivity index (χ2v) is 22.8. The first-order valence-electron chi connectivity index (χ1n) is 30.2. The van der Waals surface area contributed by atoms with Crippen LogP contribution in [0.5, 0.6) is 0 Å². The van der Waals surface area contributed by atoms with Gasteiger partial charge < -0.3 is 20.7 Å². The summed E-state index contributed by atoms with van der Waals surface area (Å²) in [6, 6.07) is 50.3. The van der Waals surface area contributed by atoms with Gasteiger partial charge in [0.15, 0.2) is 0 Å². The van der Waals surface area contributed by atoms with Crippen molar-refractivity contribution < 1.29 is 24.0 Å². The highest BCUT2D eigenvalue weighted by Crippen LogP contribution is 2.34. The lowest BCUT2D eigenvalue weighted by atomic mass is 9.87. The van der Waals surface area contributed by atoms with Gasteiger partial charge in [0.1, 0.15) is 5.60 Å². The van der Waals surface area contributed by atoms with Crippen molar-refractivity contribution in [3.8, 4) is 0 Å². The van der Waals surface area contributed by atoms with Gasteiger partial charge in [-0.1, -0.05) is 247 Å². The van der Waals surface area contributed by atoms with Gasteiger partial charge in [0, 0.05) is 41.8 Å². The van der Waals surface area contributed by atoms with Gasteiger partial charge in [0.2, 0.25) is 17.4 Å². The maximum Gasteiger partial charge on any atom is 0.408 e. The number of carbonyl (C=O) groups is 3. The van der Waals surface area contributed by atoms with Crippen LogP contribution in [0, 0.1) is 10.1 Å². The molecule has 2 heterocycles. The summed E-state index contributed by atoms with van der Waals surface area (Å²) in [6.45, 7) is 51.3. The molecule has 2 aliphatic rings. The number of nitro groups is 1. The fraction of sp³-hybridized carbons (Fsp3) is 0.514. The monoisotopic (exact) mass is 1130 g/mol. The molecule has 0 aromatic heterocycles. The maximum atomic E-state index is 11.9. The van der Waals surface area contributed by atoms with E-state index in [1.807, 2.05) is 245 Å². The van der Waals surface area contributed by atoms with E-state index in [9.17, 15) is 24.5 Å². The molecular weight excluding hydrogens is 1020 g/mol. The van der Waals surface area contributed by atoms with Crippen LogP contribution in [0.1, 0.15) is 243 Å². The highest BCUT2D eigenvalue weighted by atomic mass is 16.6. The molecular formula is C72H114N4O6. The molecule has 10 heteroatoms. The Labute approximate surface area is 500 Å². The Morgan fingerprint density at radius 3 is 1.12 bits per heavy atom. The fourth-order valence-electron chi connectivity index (χ4n) is 8.80. The zero-order chi connectivity index (χ0) is 63.9. The Morgan fingerprint density at radius 1 is 0.573 bits per heavy atom. The predicted octanol–water partition coefficient (Wildman–Crippen LogP) is 19.7. The average Bonchev–Trinajstić information content (AvgIpc) is 3.91. The zero-order valence-corrected chi connectivity index (χ0v) is 55.7. The van der Waals surface area contributed by atoms with Crippen LogP contribution in [0.25, 0.3) is 5.57 Å². The number of allylic oxidation sites excluding steroid dienone is 1. The van der Waals surface area contributed by atoms with E-state index in [1.165, 1.54) is 11.1 Å². The van der Waals surface area contributed by atoms with Crippen molar-refractivity contribution >= 4 is 23.5 Å². The van der Waals surface area contributed by atoms with Crippen molar-refractivity contribution in [1.29, 1.82) is 0 Å². The number of alkyl carbamates (subject to hydrolysis) is 1. The molecule has 2 fully saturated rings. The van der Waals surface area contributed by atoms with E-state index in [-0.39, 0.29) is 57.2 Å². The first-order valence-corrected chi connectivity index (χ1v) is 30.2. The second kappa shape index (κ2) is 41.4. The number of benzene rings is 5. The van der Waals surface area contributed by atoms with Gasteiger partial charge in [0.05, 0.1) is 11.8 Å². The Balaban J connectivity index is -0.000000927. The molecule has 7 rings (SSSR count). The molecule has 4 atom stereocenters. The molecule has 5 aromatic rings. The minimum Gasteiger partial charge on any atom is -0.444 e. The third kappa shape index (κ3) is 33.4. The van der Waals surface area contributed by atoms with Gasteiger partial charge in [-0.3, -0.25) is 19.7 Å². The standard InChI is InChI=1S/C17H27NO2.C12H17NO2.2C12H15NO.C9H10.5C2H6/c1-13(14-10-8-7-9-11-14)12-17(5,6)18-15(19)20-16(2,3)4;1-10(9-12(2,3)13(14)15)11-7-5-4-6-8-11;2*1-12(2)8-10(11(14)13-12)9-6-4-3-5-7-9;1-8(2)9-6-4-3-5-7-9;5*1-2/h7-11,13H,12H2,1-6H3,(H,18,19);4-8,10H,9H2,1-3H3;2*3-7,10H,8H2,1-2H3,(H,13,14);3-7H,1H2,2H3;5*1-2H3. The first-order chi connectivity index (χ1) is 38.5. The Morgan fingerprint density at radius 2 is 0.866 bits per heavy atom. The van der Waals surface area contributed by atoms with Gasteiger partial charge in [0.25, 0.3) is 0 Å². The molecule has 0 radical (unpaired) electrons. The lowest BCUT2D eigenvalue weighted by Crippen LogP contribution is -2.46. The number of nitrogens with zero attached hydrogens (tertiary/aromatic N) is 1. The van der Waals surface area contributed by atoms with E-state index in [1.54, 1.807) is 13.8 Å². The molecule has 10 nitrogen and oxygen atoms in total. The lowest BCUT2D eigenvalue weighted by molar-refractivity contribution is -0.562. The van der Waals surface area contributed by atoms with E-state index < -0.39 is 11.1 Å². The Hall–Kier alpha value is -6.55. The smallest absolute Gasteiger partial charge is 0.408 e. The summed E-state index contributed by atoms with van der Waals surface area (Å²) in [5, 5.41) is 19.8. The van der Waals surface area contributed by atoms with Crippen LogP contribution >= 0.6 is 0 Å². The molecule has 0 bridgehead atoms. The van der Waals surface area contributed by atoms with Crippen LogP contribution in [-0.4, -0.2) is 50.6 Å². The summed E-state index contributed by atoms with van der Waals surface area (Å²) in [5.74, 6) is 0.965. The SMILES string of the molecule is C=C(C)c1ccccc1.CC.CC.CC.CC.CC.CC(CC(C)(C)NC(=O)OC(C)(C)C)c1ccccc1.CC(CC(C)(C)[N+](=O)[O-])c1ccccc1.CC1(C)CC(c2ccccc2)C(=O)N1.CC1(C)CC(c2ccccc2)C(=O)N1. The molecule has 458 valence electrons. The van der Waals surface area contributed by atoms with Crippen molar-refractivity contribution in [3.63, 3.8) is 0 Å². The summed E-state index contributed by atoms with van der Waals surface area (Å²) < 4.78 is 5.31. The molecule has 3 N–H and O–H groups in total. The van der Waals surface area contributed by atoms with Crippen LogP contribution < -0.4 is 16.0 Å². The van der Waals surface area contributed by atoms with Crippen molar-refractivity contribution in [2.24, 2.45) is 0 Å². The van der Waals surface area contributed by atoms with Gasteiger partial charge >= 0.3 is 6.09 Å². The van der Waals surface area contributed by atoms with E-state index in [2.05, 4.69) is 81.4 Å². The van der Waals surface area contributed by atoms with Crippen LogP contribution in [0.3, 0.4) is 0 Å². The summed E-state index contributed by atoms with van der Waals surface area (Å²) >= 11 is 0. The van der Waals surface area contributed by atoms with Gasteiger partial charge in [-0.2, -0.15) is 0 Å². The second-order valence-electron chi connectivity index (χ2n) is 22.8. The number of amides is 3. The predicted molar refractivity (Wildman–Crippen MR) is 353 cm³/mol. The van der Waals surface area contributed by atoms with Crippen LogP contribution in [-0.2, 0) is 14.3 Å². The molecule has 0 aliphatic carbocycles. The highest BCUT2D eigenvalue weighted by molar-refractivity contribution is 5.87. The number of ether oxygens (including phenoxy) is 1. The maximum absolute atomic E-state index is 11.9. The van der Waals surface area contributed by atoms with Gasteiger partial charge in [-0.15, -0.1) is 0 Å². The van der Waals surface area contributed by atoms with E-state index in [0.29, 0.717) is 12.3 Å². The van der Waals surface area contributed by atoms with E-state index in [0.717, 1.165) is 41.5 Å². The van der Waals surface area contributed by atoms with E-state index in [4.69, 9.17) is 4.74 Å². The Kier molecular flexibility index (Phi) is 40.3.